The molecule has 2 N–H and O–H groups in total. The predicted molar refractivity (Wildman–Crippen MR) is 125 cm³/mol. The minimum Gasteiger partial charge on any atom is -0.367 e. The van der Waals surface area contributed by atoms with E-state index in [0.29, 0.717) is 24.7 Å². The maximum absolute atomic E-state index is 14.0. The molecule has 0 aliphatic carbocycles. The Kier molecular flexibility index (Phi) is 8.83. The van der Waals surface area contributed by atoms with E-state index in [1.165, 1.54) is 12.1 Å². The molecule has 0 aromatic heterocycles. The second kappa shape index (κ2) is 10.9. The molecule has 10 heteroatoms. The van der Waals surface area contributed by atoms with Crippen LogP contribution in [0.4, 0.5) is 14.5 Å². The van der Waals surface area contributed by atoms with Crippen molar-refractivity contribution in [1.29, 1.82) is 0 Å². The predicted octanol–water partition coefficient (Wildman–Crippen LogP) is 2.80. The molecule has 2 aromatic rings. The summed E-state index contributed by atoms with van der Waals surface area (Å²) >= 11 is 0. The van der Waals surface area contributed by atoms with E-state index >= 15 is 0 Å². The molecule has 1 atom stereocenters. The summed E-state index contributed by atoms with van der Waals surface area (Å²) in [4.78, 5) is 6.26. The van der Waals surface area contributed by atoms with Crippen LogP contribution >= 0.6 is 24.0 Å². The van der Waals surface area contributed by atoms with Crippen molar-refractivity contribution in [3.8, 4) is 0 Å². The number of guanidine groups is 1. The molecule has 0 radical (unpaired) electrons. The lowest BCUT2D eigenvalue weighted by Crippen LogP contribution is -2.45. The molecule has 1 fully saturated rings. The molecule has 1 aliphatic heterocycles. The van der Waals surface area contributed by atoms with Crippen LogP contribution in [-0.2, 0) is 9.84 Å². The summed E-state index contributed by atoms with van der Waals surface area (Å²) in [6.07, 6.45) is 0.750. The molecule has 30 heavy (non-hydrogen) atoms. The molecule has 1 aliphatic rings. The third-order valence-corrected chi connectivity index (χ3v) is 6.50. The molecular formula is C20H25F2IN4O2S. The Hall–Kier alpha value is -1.95. The van der Waals surface area contributed by atoms with E-state index in [-0.39, 0.29) is 47.2 Å². The minimum atomic E-state index is -3.37. The van der Waals surface area contributed by atoms with E-state index < -0.39 is 21.5 Å². The van der Waals surface area contributed by atoms with Gasteiger partial charge in [-0.1, -0.05) is 18.2 Å². The average Bonchev–Trinajstić information content (AvgIpc) is 3.16. The van der Waals surface area contributed by atoms with Crippen molar-refractivity contribution in [2.45, 2.75) is 17.4 Å². The number of nitrogens with zero attached hydrogens (tertiary/aromatic N) is 2. The van der Waals surface area contributed by atoms with Crippen molar-refractivity contribution in [3.05, 3.63) is 60.2 Å². The Morgan fingerprint density at radius 2 is 1.93 bits per heavy atom. The van der Waals surface area contributed by atoms with Gasteiger partial charge >= 0.3 is 0 Å². The van der Waals surface area contributed by atoms with Crippen LogP contribution in [0.3, 0.4) is 0 Å². The Bertz CT molecular complexity index is 974. The first-order chi connectivity index (χ1) is 13.9. The minimum absolute atomic E-state index is 0. The highest BCUT2D eigenvalue weighted by Gasteiger charge is 2.25. The van der Waals surface area contributed by atoms with Gasteiger partial charge in [-0.3, -0.25) is 4.99 Å². The van der Waals surface area contributed by atoms with Gasteiger partial charge < -0.3 is 15.5 Å². The second-order valence-electron chi connectivity index (χ2n) is 6.80. The number of sulfone groups is 1. The van der Waals surface area contributed by atoms with E-state index in [9.17, 15) is 17.2 Å². The summed E-state index contributed by atoms with van der Waals surface area (Å²) in [6, 6.07) is 11.9. The van der Waals surface area contributed by atoms with Gasteiger partial charge in [0.25, 0.3) is 0 Å². The van der Waals surface area contributed by atoms with E-state index in [0.717, 1.165) is 12.5 Å². The summed E-state index contributed by atoms with van der Waals surface area (Å²) in [5.74, 6) is -0.760. The Morgan fingerprint density at radius 3 is 2.60 bits per heavy atom. The van der Waals surface area contributed by atoms with Gasteiger partial charge in [0.2, 0.25) is 0 Å². The van der Waals surface area contributed by atoms with Crippen LogP contribution in [0.2, 0.25) is 0 Å². The fourth-order valence-corrected chi connectivity index (χ4v) is 4.45. The van der Waals surface area contributed by atoms with Crippen molar-refractivity contribution >= 4 is 45.5 Å². The SMILES string of the molecule is CN=C(NCCS(=O)(=O)c1ccccc1)NC1CCN(c2ccc(F)cc2F)C1.I. The van der Waals surface area contributed by atoms with Crippen LogP contribution in [0.5, 0.6) is 0 Å². The van der Waals surface area contributed by atoms with Crippen LogP contribution < -0.4 is 15.5 Å². The van der Waals surface area contributed by atoms with Crippen molar-refractivity contribution in [3.63, 3.8) is 0 Å². The number of benzene rings is 2. The molecule has 1 saturated heterocycles. The van der Waals surface area contributed by atoms with E-state index in [1.54, 1.807) is 37.4 Å². The molecule has 0 amide bonds. The lowest BCUT2D eigenvalue weighted by Gasteiger charge is -2.21. The normalized spacial score (nSPS) is 16.8. The lowest BCUT2D eigenvalue weighted by molar-refractivity contribution is 0.580. The highest BCUT2D eigenvalue weighted by molar-refractivity contribution is 14.0. The second-order valence-corrected chi connectivity index (χ2v) is 8.91. The zero-order valence-electron chi connectivity index (χ0n) is 16.5. The Morgan fingerprint density at radius 1 is 1.20 bits per heavy atom. The standard InChI is InChI=1S/C20H24F2N4O2S.HI/c1-23-20(24-10-12-29(27,28)17-5-3-2-4-6-17)25-16-9-11-26(14-16)19-8-7-15(21)13-18(19)22;/h2-8,13,16H,9-12,14H2,1H3,(H2,23,24,25);1H. The van der Waals surface area contributed by atoms with Gasteiger partial charge in [-0.15, -0.1) is 24.0 Å². The van der Waals surface area contributed by atoms with Crippen molar-refractivity contribution in [2.75, 3.05) is 37.3 Å². The molecule has 0 bridgehead atoms. The van der Waals surface area contributed by atoms with E-state index in [4.69, 9.17) is 0 Å². The molecule has 1 heterocycles. The number of nitrogens with one attached hydrogen (secondary N) is 2. The Labute approximate surface area is 192 Å². The first-order valence-electron chi connectivity index (χ1n) is 9.34. The maximum atomic E-state index is 14.0. The summed E-state index contributed by atoms with van der Waals surface area (Å²) in [5, 5.41) is 6.24. The van der Waals surface area contributed by atoms with Gasteiger partial charge in [0.05, 0.1) is 16.3 Å². The zero-order chi connectivity index (χ0) is 20.9. The highest BCUT2D eigenvalue weighted by atomic mass is 127. The van der Waals surface area contributed by atoms with Crippen LogP contribution in [0.25, 0.3) is 0 Å². The summed E-state index contributed by atoms with van der Waals surface area (Å²) in [6.45, 7) is 1.37. The first-order valence-corrected chi connectivity index (χ1v) is 11.0. The summed E-state index contributed by atoms with van der Waals surface area (Å²) < 4.78 is 51.7. The summed E-state index contributed by atoms with van der Waals surface area (Å²) in [5.41, 5.74) is 0.368. The largest absolute Gasteiger partial charge is 0.367 e. The third-order valence-electron chi connectivity index (χ3n) is 4.77. The monoisotopic (exact) mass is 550 g/mol. The molecule has 2 aromatic carbocycles. The van der Waals surface area contributed by atoms with Crippen LogP contribution in [0, 0.1) is 11.6 Å². The van der Waals surface area contributed by atoms with Crippen molar-refractivity contribution < 1.29 is 17.2 Å². The number of aliphatic imine (C=N–C) groups is 1. The van der Waals surface area contributed by atoms with Crippen LogP contribution in [0.1, 0.15) is 6.42 Å². The molecule has 1 unspecified atom stereocenters. The smallest absolute Gasteiger partial charge is 0.191 e. The number of hydrogen-bond acceptors (Lipinski definition) is 4. The quantitative estimate of drug-likeness (QED) is 0.329. The highest BCUT2D eigenvalue weighted by Crippen LogP contribution is 2.24. The molecular weight excluding hydrogens is 525 g/mol. The average molecular weight is 550 g/mol. The molecule has 3 rings (SSSR count). The molecule has 0 spiro atoms. The van der Waals surface area contributed by atoms with Gasteiger partial charge in [0.1, 0.15) is 11.6 Å². The van der Waals surface area contributed by atoms with Gasteiger partial charge in [-0.25, -0.2) is 17.2 Å². The molecule has 6 nitrogen and oxygen atoms in total. The number of anilines is 1. The fraction of sp³-hybridized carbons (Fsp3) is 0.350. The number of rotatable bonds is 6. The topological polar surface area (TPSA) is 73.8 Å². The third kappa shape index (κ3) is 6.27. The maximum Gasteiger partial charge on any atom is 0.191 e. The van der Waals surface area contributed by atoms with Crippen LogP contribution in [-0.4, -0.2) is 52.9 Å². The van der Waals surface area contributed by atoms with Crippen LogP contribution in [0.15, 0.2) is 58.4 Å². The van der Waals surface area contributed by atoms with Gasteiger partial charge in [0.15, 0.2) is 15.8 Å². The molecule has 0 saturated carbocycles. The zero-order valence-corrected chi connectivity index (χ0v) is 19.7. The van der Waals surface area contributed by atoms with Crippen molar-refractivity contribution in [2.24, 2.45) is 4.99 Å². The van der Waals surface area contributed by atoms with Gasteiger partial charge in [-0.05, 0) is 30.7 Å². The summed E-state index contributed by atoms with van der Waals surface area (Å²) in [7, 11) is -1.77. The van der Waals surface area contributed by atoms with E-state index in [1.807, 2.05) is 4.90 Å². The number of hydrogen-bond donors (Lipinski definition) is 2. The van der Waals surface area contributed by atoms with Crippen molar-refractivity contribution in [1.82, 2.24) is 10.6 Å². The van der Waals surface area contributed by atoms with Gasteiger partial charge in [0, 0.05) is 38.8 Å². The fourth-order valence-electron chi connectivity index (χ4n) is 3.27. The number of halogens is 3. The lowest BCUT2D eigenvalue weighted by atomic mass is 10.2. The first kappa shape index (κ1) is 24.3. The van der Waals surface area contributed by atoms with Gasteiger partial charge in [-0.2, -0.15) is 0 Å². The molecule has 164 valence electrons. The Balaban J connectivity index is 0.00000320. The van der Waals surface area contributed by atoms with E-state index in [2.05, 4.69) is 15.6 Å².